The molecule has 1 heterocycles. The Morgan fingerprint density at radius 3 is 2.89 bits per heavy atom. The number of hydrogen-bond donors (Lipinski definition) is 1. The second kappa shape index (κ2) is 5.83. The largest absolute Gasteiger partial charge is 0.389 e. The van der Waals surface area contributed by atoms with Crippen LogP contribution in [0.4, 0.5) is 5.69 Å². The predicted molar refractivity (Wildman–Crippen MR) is 76.0 cm³/mol. The highest BCUT2D eigenvalue weighted by Crippen LogP contribution is 2.27. The van der Waals surface area contributed by atoms with Crippen molar-refractivity contribution < 1.29 is 5.11 Å². The number of thiazole rings is 1. The van der Waals surface area contributed by atoms with E-state index in [1.807, 2.05) is 17.3 Å². The van der Waals surface area contributed by atoms with Gasteiger partial charge in [0, 0.05) is 23.7 Å². The molecule has 19 heavy (non-hydrogen) atoms. The summed E-state index contributed by atoms with van der Waals surface area (Å²) in [5, 5.41) is 20.8. The van der Waals surface area contributed by atoms with Gasteiger partial charge in [0.05, 0.1) is 35.5 Å². The summed E-state index contributed by atoms with van der Waals surface area (Å²) in [5.74, 6) is 0. The van der Waals surface area contributed by atoms with E-state index in [-0.39, 0.29) is 0 Å². The Morgan fingerprint density at radius 1 is 1.53 bits per heavy atom. The summed E-state index contributed by atoms with van der Waals surface area (Å²) in [4.78, 5) is 6.25. The van der Waals surface area contributed by atoms with Crippen LogP contribution in [0.5, 0.6) is 0 Å². The molecule has 1 aromatic carbocycles. The molecule has 0 saturated carbocycles. The Kier molecular flexibility index (Phi) is 4.15. The minimum absolute atomic E-state index is 0.569. The number of benzene rings is 1. The van der Waals surface area contributed by atoms with E-state index >= 15 is 0 Å². The topological polar surface area (TPSA) is 60.1 Å². The van der Waals surface area contributed by atoms with Crippen molar-refractivity contribution in [3.05, 3.63) is 45.9 Å². The summed E-state index contributed by atoms with van der Waals surface area (Å²) in [6.45, 7) is 2.37. The maximum absolute atomic E-state index is 9.82. The lowest BCUT2D eigenvalue weighted by molar-refractivity contribution is 0.199. The molecule has 0 aliphatic carbocycles. The van der Waals surface area contributed by atoms with Gasteiger partial charge in [-0.2, -0.15) is 5.26 Å². The molecule has 0 saturated heterocycles. The van der Waals surface area contributed by atoms with Gasteiger partial charge < -0.3 is 10.0 Å². The van der Waals surface area contributed by atoms with Gasteiger partial charge in [-0.1, -0.05) is 6.07 Å². The zero-order chi connectivity index (χ0) is 13.8. The molecule has 0 bridgehead atoms. The highest BCUT2D eigenvalue weighted by atomic mass is 32.1. The molecule has 0 fully saturated rings. The Bertz CT molecular complexity index is 587. The molecule has 2 aromatic rings. The molecule has 0 aliphatic heterocycles. The standard InChI is InChI=1S/C14H15N3OS/c1-10(18)13-4-3-11(6-15)5-14(13)17(2)7-12-8-19-9-16-12/h3-5,8-10,18H,7H2,1-2H3. The van der Waals surface area contributed by atoms with Gasteiger partial charge in [-0.25, -0.2) is 4.98 Å². The molecule has 0 aliphatic rings. The van der Waals surface area contributed by atoms with Gasteiger partial charge in [0.1, 0.15) is 0 Å². The van der Waals surface area contributed by atoms with Crippen LogP contribution in [0.3, 0.4) is 0 Å². The minimum atomic E-state index is -0.569. The van der Waals surface area contributed by atoms with E-state index in [9.17, 15) is 5.11 Å². The van der Waals surface area contributed by atoms with Crippen LogP contribution in [0.15, 0.2) is 29.1 Å². The molecule has 0 amide bonds. The number of nitrogens with zero attached hydrogens (tertiary/aromatic N) is 3. The number of nitriles is 1. The first-order chi connectivity index (χ1) is 9.11. The average Bonchev–Trinajstić information content (AvgIpc) is 2.90. The number of aromatic nitrogens is 1. The van der Waals surface area contributed by atoms with Gasteiger partial charge in [0.15, 0.2) is 0 Å². The Labute approximate surface area is 116 Å². The van der Waals surface area contributed by atoms with Crippen LogP contribution in [-0.4, -0.2) is 17.1 Å². The summed E-state index contributed by atoms with van der Waals surface area (Å²) in [5.41, 5.74) is 5.04. The Hall–Kier alpha value is -1.90. The number of anilines is 1. The summed E-state index contributed by atoms with van der Waals surface area (Å²) in [6.07, 6.45) is -0.569. The van der Waals surface area contributed by atoms with Crippen molar-refractivity contribution in [1.82, 2.24) is 4.98 Å². The van der Waals surface area contributed by atoms with E-state index in [0.29, 0.717) is 12.1 Å². The van der Waals surface area contributed by atoms with Crippen molar-refractivity contribution in [2.24, 2.45) is 0 Å². The summed E-state index contributed by atoms with van der Waals surface area (Å²) in [6, 6.07) is 7.45. The highest BCUT2D eigenvalue weighted by molar-refractivity contribution is 7.07. The molecule has 1 unspecified atom stereocenters. The first kappa shape index (κ1) is 13.5. The fraction of sp³-hybridized carbons (Fsp3) is 0.286. The van der Waals surface area contributed by atoms with Crippen molar-refractivity contribution in [2.45, 2.75) is 19.6 Å². The van der Waals surface area contributed by atoms with E-state index in [0.717, 1.165) is 16.9 Å². The second-order valence-corrected chi connectivity index (χ2v) is 5.12. The van der Waals surface area contributed by atoms with Gasteiger partial charge in [-0.05, 0) is 19.1 Å². The van der Waals surface area contributed by atoms with Gasteiger partial charge >= 0.3 is 0 Å². The monoisotopic (exact) mass is 273 g/mol. The Balaban J connectivity index is 2.33. The predicted octanol–water partition coefficient (Wildman–Crippen LogP) is 2.70. The fourth-order valence-electron chi connectivity index (χ4n) is 1.94. The minimum Gasteiger partial charge on any atom is -0.389 e. The molecule has 5 heteroatoms. The zero-order valence-electron chi connectivity index (χ0n) is 10.9. The number of rotatable bonds is 4. The third-order valence-electron chi connectivity index (χ3n) is 2.90. The summed E-state index contributed by atoms with van der Waals surface area (Å²) < 4.78 is 0. The van der Waals surface area contributed by atoms with Gasteiger partial charge in [0.2, 0.25) is 0 Å². The second-order valence-electron chi connectivity index (χ2n) is 4.40. The number of hydrogen-bond acceptors (Lipinski definition) is 5. The lowest BCUT2D eigenvalue weighted by Gasteiger charge is -2.23. The van der Waals surface area contributed by atoms with Crippen LogP contribution < -0.4 is 4.90 Å². The van der Waals surface area contributed by atoms with E-state index in [1.165, 1.54) is 0 Å². The molecular weight excluding hydrogens is 258 g/mol. The van der Waals surface area contributed by atoms with Crippen LogP contribution >= 0.6 is 11.3 Å². The lowest BCUT2D eigenvalue weighted by atomic mass is 10.0. The highest BCUT2D eigenvalue weighted by Gasteiger charge is 2.13. The van der Waals surface area contributed by atoms with Gasteiger partial charge in [-0.15, -0.1) is 11.3 Å². The van der Waals surface area contributed by atoms with Crippen molar-refractivity contribution in [2.75, 3.05) is 11.9 Å². The lowest BCUT2D eigenvalue weighted by Crippen LogP contribution is -2.19. The van der Waals surface area contributed by atoms with Crippen LogP contribution in [0.25, 0.3) is 0 Å². The Morgan fingerprint density at radius 2 is 2.32 bits per heavy atom. The summed E-state index contributed by atoms with van der Waals surface area (Å²) in [7, 11) is 1.93. The third-order valence-corrected chi connectivity index (χ3v) is 3.54. The molecule has 2 rings (SSSR count). The number of aliphatic hydroxyl groups excluding tert-OH is 1. The molecule has 4 nitrogen and oxygen atoms in total. The smallest absolute Gasteiger partial charge is 0.0992 e. The average molecular weight is 273 g/mol. The van der Waals surface area contributed by atoms with Gasteiger partial charge in [0.25, 0.3) is 0 Å². The molecule has 1 aromatic heterocycles. The van der Waals surface area contributed by atoms with E-state index in [4.69, 9.17) is 5.26 Å². The van der Waals surface area contributed by atoms with E-state index in [1.54, 1.807) is 42.0 Å². The SMILES string of the molecule is CC(O)c1ccc(C#N)cc1N(C)Cc1cscn1. The van der Waals surface area contributed by atoms with E-state index < -0.39 is 6.10 Å². The maximum Gasteiger partial charge on any atom is 0.0992 e. The van der Waals surface area contributed by atoms with Crippen LogP contribution in [-0.2, 0) is 6.54 Å². The fourth-order valence-corrected chi connectivity index (χ4v) is 2.49. The normalized spacial score (nSPS) is 11.9. The first-order valence-electron chi connectivity index (χ1n) is 5.92. The van der Waals surface area contributed by atoms with Crippen molar-refractivity contribution in [1.29, 1.82) is 5.26 Å². The summed E-state index contributed by atoms with van der Waals surface area (Å²) >= 11 is 1.56. The van der Waals surface area contributed by atoms with Crippen LogP contribution in [0.2, 0.25) is 0 Å². The number of aliphatic hydroxyl groups is 1. The first-order valence-corrected chi connectivity index (χ1v) is 6.86. The molecule has 0 spiro atoms. The zero-order valence-corrected chi connectivity index (χ0v) is 11.7. The van der Waals surface area contributed by atoms with Crippen LogP contribution in [0, 0.1) is 11.3 Å². The molecular formula is C14H15N3OS. The van der Waals surface area contributed by atoms with E-state index in [2.05, 4.69) is 11.1 Å². The molecule has 98 valence electrons. The molecule has 1 N–H and O–H groups in total. The van der Waals surface area contributed by atoms with Crippen molar-refractivity contribution in [3.63, 3.8) is 0 Å². The molecule has 0 radical (unpaired) electrons. The van der Waals surface area contributed by atoms with Crippen LogP contribution in [0.1, 0.15) is 29.8 Å². The third kappa shape index (κ3) is 3.11. The molecule has 1 atom stereocenters. The quantitative estimate of drug-likeness (QED) is 0.930. The maximum atomic E-state index is 9.82. The van der Waals surface area contributed by atoms with Gasteiger partial charge in [-0.3, -0.25) is 0 Å². The van der Waals surface area contributed by atoms with Crippen molar-refractivity contribution >= 4 is 17.0 Å². The van der Waals surface area contributed by atoms with Crippen molar-refractivity contribution in [3.8, 4) is 6.07 Å².